The summed E-state index contributed by atoms with van der Waals surface area (Å²) >= 11 is 0. The van der Waals surface area contributed by atoms with Gasteiger partial charge in [-0.05, 0) is 25.0 Å². The molecule has 3 N–H and O–H groups in total. The van der Waals surface area contributed by atoms with Crippen molar-refractivity contribution in [1.82, 2.24) is 0 Å². The standard InChI is InChI=1S/C14H19N3O4/c1-2-13-10(5-6-21-13)8-16-11-4-3-9(14(15)18)7-12(11)17(19)20/h3-4,7,10,13,16H,2,5-6,8H2,1H3,(H2,15,18). The van der Waals surface area contributed by atoms with Crippen molar-refractivity contribution in [3.8, 4) is 0 Å². The second kappa shape index (κ2) is 6.53. The summed E-state index contributed by atoms with van der Waals surface area (Å²) < 4.78 is 5.60. The van der Waals surface area contributed by atoms with Crippen LogP contribution in [0.5, 0.6) is 0 Å². The zero-order valence-corrected chi connectivity index (χ0v) is 11.9. The van der Waals surface area contributed by atoms with Crippen LogP contribution in [0.15, 0.2) is 18.2 Å². The highest BCUT2D eigenvalue weighted by molar-refractivity contribution is 5.94. The van der Waals surface area contributed by atoms with Crippen LogP contribution in [0.3, 0.4) is 0 Å². The number of anilines is 1. The van der Waals surface area contributed by atoms with E-state index in [2.05, 4.69) is 12.2 Å². The molecule has 2 unspecified atom stereocenters. The van der Waals surface area contributed by atoms with Crippen molar-refractivity contribution >= 4 is 17.3 Å². The first-order valence-electron chi connectivity index (χ1n) is 6.96. The molecule has 0 aliphatic carbocycles. The molecule has 7 nitrogen and oxygen atoms in total. The molecule has 1 aromatic rings. The first-order chi connectivity index (χ1) is 10.0. The molecule has 2 atom stereocenters. The van der Waals surface area contributed by atoms with Gasteiger partial charge in [0.2, 0.25) is 5.91 Å². The normalized spacial score (nSPS) is 21.2. The molecule has 1 aromatic carbocycles. The first-order valence-corrected chi connectivity index (χ1v) is 6.96. The summed E-state index contributed by atoms with van der Waals surface area (Å²) in [6.07, 6.45) is 2.06. The zero-order valence-electron chi connectivity index (χ0n) is 11.9. The van der Waals surface area contributed by atoms with Crippen LogP contribution in [-0.4, -0.2) is 30.1 Å². The molecule has 1 aliphatic rings. The lowest BCUT2D eigenvalue weighted by atomic mass is 9.99. The fraction of sp³-hybridized carbons (Fsp3) is 0.500. The molecule has 1 heterocycles. The molecule has 2 rings (SSSR count). The van der Waals surface area contributed by atoms with E-state index in [1.165, 1.54) is 18.2 Å². The summed E-state index contributed by atoms with van der Waals surface area (Å²) in [5.41, 5.74) is 5.53. The number of carbonyl (C=O) groups excluding carboxylic acids is 1. The minimum absolute atomic E-state index is 0.128. The lowest BCUT2D eigenvalue weighted by molar-refractivity contribution is -0.384. The van der Waals surface area contributed by atoms with Gasteiger partial charge in [0, 0.05) is 30.7 Å². The Balaban J connectivity index is 2.12. The molecule has 0 bridgehead atoms. The Morgan fingerprint density at radius 2 is 2.33 bits per heavy atom. The van der Waals surface area contributed by atoms with Crippen LogP contribution in [0, 0.1) is 16.0 Å². The summed E-state index contributed by atoms with van der Waals surface area (Å²) in [6, 6.07) is 4.21. The van der Waals surface area contributed by atoms with Crippen LogP contribution in [0.1, 0.15) is 30.1 Å². The molecule has 1 aliphatic heterocycles. The molecule has 114 valence electrons. The van der Waals surface area contributed by atoms with Gasteiger partial charge in [0.25, 0.3) is 5.69 Å². The number of rotatable bonds is 6. The number of amides is 1. The van der Waals surface area contributed by atoms with Crippen LogP contribution >= 0.6 is 0 Å². The lowest BCUT2D eigenvalue weighted by Crippen LogP contribution is -2.23. The highest BCUT2D eigenvalue weighted by atomic mass is 16.6. The number of benzene rings is 1. The van der Waals surface area contributed by atoms with Gasteiger partial charge >= 0.3 is 0 Å². The fourth-order valence-electron chi connectivity index (χ4n) is 2.60. The third kappa shape index (κ3) is 3.49. The van der Waals surface area contributed by atoms with Gasteiger partial charge in [-0.1, -0.05) is 6.92 Å². The quantitative estimate of drug-likeness (QED) is 0.615. The Morgan fingerprint density at radius 1 is 1.57 bits per heavy atom. The topological polar surface area (TPSA) is 107 Å². The van der Waals surface area contributed by atoms with Crippen molar-refractivity contribution in [2.45, 2.75) is 25.9 Å². The molecule has 1 amide bonds. The average molecular weight is 293 g/mol. The molecule has 1 saturated heterocycles. The van der Waals surface area contributed by atoms with Crippen molar-refractivity contribution in [2.75, 3.05) is 18.5 Å². The molecule has 1 fully saturated rings. The fourth-order valence-corrected chi connectivity index (χ4v) is 2.60. The van der Waals surface area contributed by atoms with E-state index in [4.69, 9.17) is 10.5 Å². The molecule has 0 radical (unpaired) electrons. The van der Waals surface area contributed by atoms with Crippen molar-refractivity contribution < 1.29 is 14.5 Å². The predicted octanol–water partition coefficient (Wildman–Crippen LogP) is 1.92. The number of hydrogen-bond donors (Lipinski definition) is 2. The second-order valence-corrected chi connectivity index (χ2v) is 5.10. The second-order valence-electron chi connectivity index (χ2n) is 5.10. The number of hydrogen-bond acceptors (Lipinski definition) is 5. The van der Waals surface area contributed by atoms with Crippen LogP contribution in [0.4, 0.5) is 11.4 Å². The Labute approximate surface area is 122 Å². The first kappa shape index (κ1) is 15.2. The van der Waals surface area contributed by atoms with Gasteiger partial charge < -0.3 is 15.8 Å². The molecule has 7 heteroatoms. The SMILES string of the molecule is CCC1OCCC1CNc1ccc(C(N)=O)cc1[N+](=O)[O-]. The number of nitrogens with zero attached hydrogens (tertiary/aromatic N) is 1. The van der Waals surface area contributed by atoms with E-state index in [1.807, 2.05) is 0 Å². The van der Waals surface area contributed by atoms with Gasteiger partial charge in [-0.3, -0.25) is 14.9 Å². The van der Waals surface area contributed by atoms with E-state index in [9.17, 15) is 14.9 Å². The summed E-state index contributed by atoms with van der Waals surface area (Å²) in [5, 5.41) is 14.2. The van der Waals surface area contributed by atoms with E-state index in [0.29, 0.717) is 18.2 Å². The Morgan fingerprint density at radius 3 is 2.95 bits per heavy atom. The van der Waals surface area contributed by atoms with E-state index in [0.717, 1.165) is 19.4 Å². The van der Waals surface area contributed by atoms with E-state index in [-0.39, 0.29) is 17.4 Å². The maximum Gasteiger partial charge on any atom is 0.293 e. The summed E-state index contributed by atoms with van der Waals surface area (Å²) in [6.45, 7) is 3.40. The number of ether oxygens (including phenoxy) is 1. The minimum Gasteiger partial charge on any atom is -0.379 e. The van der Waals surface area contributed by atoms with Crippen molar-refractivity contribution in [3.05, 3.63) is 33.9 Å². The Bertz CT molecular complexity index is 547. The van der Waals surface area contributed by atoms with Gasteiger partial charge in [0.1, 0.15) is 5.69 Å². The summed E-state index contributed by atoms with van der Waals surface area (Å²) in [4.78, 5) is 21.7. The third-order valence-corrected chi connectivity index (χ3v) is 3.78. The molecule has 0 aromatic heterocycles. The van der Waals surface area contributed by atoms with Crippen molar-refractivity contribution in [3.63, 3.8) is 0 Å². The van der Waals surface area contributed by atoms with E-state index in [1.54, 1.807) is 0 Å². The number of nitrogens with one attached hydrogen (secondary N) is 1. The van der Waals surface area contributed by atoms with Crippen LogP contribution < -0.4 is 11.1 Å². The number of primary amides is 1. The Hall–Kier alpha value is -2.15. The van der Waals surface area contributed by atoms with Crippen molar-refractivity contribution in [2.24, 2.45) is 11.7 Å². The molecule has 0 saturated carbocycles. The molecular formula is C14H19N3O4. The maximum atomic E-state index is 11.1. The third-order valence-electron chi connectivity index (χ3n) is 3.78. The van der Waals surface area contributed by atoms with Gasteiger partial charge in [-0.15, -0.1) is 0 Å². The number of nitro groups is 1. The van der Waals surface area contributed by atoms with Crippen LogP contribution in [0.2, 0.25) is 0 Å². The maximum absolute atomic E-state index is 11.1. The summed E-state index contributed by atoms with van der Waals surface area (Å²) in [7, 11) is 0. The lowest BCUT2D eigenvalue weighted by Gasteiger charge is -2.18. The largest absolute Gasteiger partial charge is 0.379 e. The number of nitrogens with two attached hydrogens (primary N) is 1. The van der Waals surface area contributed by atoms with Gasteiger partial charge in [0.15, 0.2) is 0 Å². The Kier molecular flexibility index (Phi) is 4.74. The minimum atomic E-state index is -0.681. The average Bonchev–Trinajstić information content (AvgIpc) is 2.92. The predicted molar refractivity (Wildman–Crippen MR) is 78.2 cm³/mol. The highest BCUT2D eigenvalue weighted by Gasteiger charge is 2.27. The van der Waals surface area contributed by atoms with E-state index < -0.39 is 10.8 Å². The smallest absolute Gasteiger partial charge is 0.293 e. The molecule has 21 heavy (non-hydrogen) atoms. The molecule has 0 spiro atoms. The van der Waals surface area contributed by atoms with Crippen LogP contribution in [-0.2, 0) is 4.74 Å². The van der Waals surface area contributed by atoms with Crippen molar-refractivity contribution in [1.29, 1.82) is 0 Å². The van der Waals surface area contributed by atoms with Gasteiger partial charge in [0.05, 0.1) is 11.0 Å². The van der Waals surface area contributed by atoms with Crippen LogP contribution in [0.25, 0.3) is 0 Å². The molecular weight excluding hydrogens is 274 g/mol. The zero-order chi connectivity index (χ0) is 15.4. The van der Waals surface area contributed by atoms with Gasteiger partial charge in [-0.2, -0.15) is 0 Å². The number of nitro benzene ring substituents is 1. The number of carbonyl (C=O) groups is 1. The van der Waals surface area contributed by atoms with E-state index >= 15 is 0 Å². The monoisotopic (exact) mass is 293 g/mol. The highest BCUT2D eigenvalue weighted by Crippen LogP contribution is 2.28. The summed E-state index contributed by atoms with van der Waals surface area (Å²) in [5.74, 6) is -0.342. The van der Waals surface area contributed by atoms with Gasteiger partial charge in [-0.25, -0.2) is 0 Å².